The number of likely N-dealkylation sites (N-methyl/N-ethyl adjacent to an activating group) is 1. The molecule has 4 nitrogen and oxygen atoms in total. The van der Waals surface area contributed by atoms with Crippen molar-refractivity contribution in [2.24, 2.45) is 0 Å². The van der Waals surface area contributed by atoms with Crippen molar-refractivity contribution in [1.82, 2.24) is 14.8 Å². The summed E-state index contributed by atoms with van der Waals surface area (Å²) >= 11 is 1.60. The van der Waals surface area contributed by atoms with Crippen LogP contribution in [0.3, 0.4) is 0 Å². The number of aryl methyl sites for hydroxylation is 1. The molecule has 1 aromatic carbocycles. The molecule has 1 fully saturated rings. The van der Waals surface area contributed by atoms with E-state index in [1.807, 2.05) is 28.5 Å². The minimum atomic E-state index is 0.0607. The molecular formula is C18H23N3OS. The van der Waals surface area contributed by atoms with Crippen LogP contribution in [0.2, 0.25) is 0 Å². The lowest BCUT2D eigenvalue weighted by atomic mass is 10.0. The summed E-state index contributed by atoms with van der Waals surface area (Å²) in [7, 11) is 2.11. The van der Waals surface area contributed by atoms with Crippen LogP contribution in [0, 0.1) is 0 Å². The average molecular weight is 329 g/mol. The second kappa shape index (κ2) is 7.23. The Balaban J connectivity index is 1.84. The minimum Gasteiger partial charge on any atom is -0.328 e. The van der Waals surface area contributed by atoms with Gasteiger partial charge in [0.25, 0.3) is 5.91 Å². The standard InChI is InChI=1S/C18H23N3OS/c1-3-7-17-19-15(13-23-17)18(22)21-11-10-20(2)12-16(21)14-8-5-4-6-9-14/h4-6,8-9,13,16H,3,7,10-12H2,1-2H3/t16-/m1/s1. The van der Waals surface area contributed by atoms with Crippen LogP contribution in [-0.4, -0.2) is 47.4 Å². The lowest BCUT2D eigenvalue weighted by Crippen LogP contribution is -2.49. The van der Waals surface area contributed by atoms with E-state index in [9.17, 15) is 4.79 Å². The predicted molar refractivity (Wildman–Crippen MR) is 93.8 cm³/mol. The van der Waals surface area contributed by atoms with Crippen LogP contribution < -0.4 is 0 Å². The third-order valence-electron chi connectivity index (χ3n) is 4.26. The zero-order valence-corrected chi connectivity index (χ0v) is 14.6. The molecule has 2 heterocycles. The van der Waals surface area contributed by atoms with Gasteiger partial charge in [0.2, 0.25) is 0 Å². The van der Waals surface area contributed by atoms with E-state index in [1.165, 1.54) is 5.56 Å². The molecule has 3 rings (SSSR count). The summed E-state index contributed by atoms with van der Waals surface area (Å²) in [6.45, 7) is 4.65. The van der Waals surface area contributed by atoms with Crippen LogP contribution in [0.4, 0.5) is 0 Å². The molecule has 2 aromatic rings. The summed E-state index contributed by atoms with van der Waals surface area (Å²) in [6, 6.07) is 10.4. The van der Waals surface area contributed by atoms with Gasteiger partial charge in [-0.1, -0.05) is 37.3 Å². The van der Waals surface area contributed by atoms with Crippen molar-refractivity contribution < 1.29 is 4.79 Å². The van der Waals surface area contributed by atoms with E-state index in [2.05, 4.69) is 36.0 Å². The van der Waals surface area contributed by atoms with E-state index in [-0.39, 0.29) is 11.9 Å². The molecule has 0 radical (unpaired) electrons. The van der Waals surface area contributed by atoms with Crippen molar-refractivity contribution in [2.45, 2.75) is 25.8 Å². The fraction of sp³-hybridized carbons (Fsp3) is 0.444. The highest BCUT2D eigenvalue weighted by Gasteiger charge is 2.31. The molecule has 0 saturated carbocycles. The van der Waals surface area contributed by atoms with E-state index >= 15 is 0 Å². The Kier molecular flexibility index (Phi) is 5.08. The van der Waals surface area contributed by atoms with Crippen molar-refractivity contribution in [1.29, 1.82) is 0 Å². The van der Waals surface area contributed by atoms with Crippen molar-refractivity contribution >= 4 is 17.2 Å². The maximum absolute atomic E-state index is 13.0. The van der Waals surface area contributed by atoms with Gasteiger partial charge in [0.15, 0.2) is 0 Å². The number of hydrogen-bond acceptors (Lipinski definition) is 4. The Morgan fingerprint density at radius 1 is 1.30 bits per heavy atom. The van der Waals surface area contributed by atoms with Crippen LogP contribution in [0.25, 0.3) is 0 Å². The van der Waals surface area contributed by atoms with Crippen molar-refractivity contribution in [3.63, 3.8) is 0 Å². The number of amides is 1. The minimum absolute atomic E-state index is 0.0607. The Hall–Kier alpha value is -1.72. The number of rotatable bonds is 4. The maximum atomic E-state index is 13.0. The molecule has 1 saturated heterocycles. The van der Waals surface area contributed by atoms with Gasteiger partial charge < -0.3 is 9.80 Å². The normalized spacial score (nSPS) is 19.0. The molecule has 1 aliphatic heterocycles. The van der Waals surface area contributed by atoms with Crippen molar-refractivity contribution in [2.75, 3.05) is 26.7 Å². The van der Waals surface area contributed by atoms with Crippen LogP contribution >= 0.6 is 11.3 Å². The van der Waals surface area contributed by atoms with E-state index in [0.29, 0.717) is 5.69 Å². The molecule has 0 unspecified atom stereocenters. The number of piperazine rings is 1. The number of nitrogens with zero attached hydrogens (tertiary/aromatic N) is 3. The number of benzene rings is 1. The van der Waals surface area contributed by atoms with Crippen molar-refractivity contribution in [3.05, 3.63) is 52.0 Å². The second-order valence-corrected chi connectivity index (χ2v) is 7.01. The maximum Gasteiger partial charge on any atom is 0.273 e. The summed E-state index contributed by atoms with van der Waals surface area (Å²) in [4.78, 5) is 21.8. The van der Waals surface area contributed by atoms with Crippen LogP contribution in [0.5, 0.6) is 0 Å². The Morgan fingerprint density at radius 3 is 2.83 bits per heavy atom. The third-order valence-corrected chi connectivity index (χ3v) is 5.17. The molecule has 1 amide bonds. The molecule has 1 aliphatic rings. The molecule has 0 spiro atoms. The van der Waals surface area contributed by atoms with Crippen LogP contribution in [0.15, 0.2) is 35.7 Å². The van der Waals surface area contributed by atoms with E-state index in [1.54, 1.807) is 11.3 Å². The monoisotopic (exact) mass is 329 g/mol. The quantitative estimate of drug-likeness (QED) is 0.864. The van der Waals surface area contributed by atoms with Crippen LogP contribution in [-0.2, 0) is 6.42 Å². The molecule has 1 aromatic heterocycles. The summed E-state index contributed by atoms with van der Waals surface area (Å²) in [5.41, 5.74) is 1.79. The summed E-state index contributed by atoms with van der Waals surface area (Å²) in [5.74, 6) is 0.0607. The molecule has 5 heteroatoms. The number of carbonyl (C=O) groups excluding carboxylic acids is 1. The van der Waals surface area contributed by atoms with Gasteiger partial charge in [-0.15, -0.1) is 11.3 Å². The molecule has 122 valence electrons. The first-order chi connectivity index (χ1) is 11.2. The molecule has 23 heavy (non-hydrogen) atoms. The number of thiazole rings is 1. The zero-order valence-electron chi connectivity index (χ0n) is 13.7. The van der Waals surface area contributed by atoms with Gasteiger partial charge in [-0.25, -0.2) is 4.98 Å². The summed E-state index contributed by atoms with van der Waals surface area (Å²) in [6.07, 6.45) is 2.01. The average Bonchev–Trinajstić information content (AvgIpc) is 3.04. The first kappa shape index (κ1) is 16.1. The SMILES string of the molecule is CCCc1nc(C(=O)N2CCN(C)C[C@@H]2c2ccccc2)cs1. The number of hydrogen-bond donors (Lipinski definition) is 0. The van der Waals surface area contributed by atoms with Gasteiger partial charge in [0, 0.05) is 25.0 Å². The highest BCUT2D eigenvalue weighted by atomic mass is 32.1. The van der Waals surface area contributed by atoms with E-state index < -0.39 is 0 Å². The van der Waals surface area contributed by atoms with Gasteiger partial charge in [-0.2, -0.15) is 0 Å². The van der Waals surface area contributed by atoms with E-state index in [0.717, 1.165) is 37.5 Å². The van der Waals surface area contributed by atoms with Gasteiger partial charge in [0.1, 0.15) is 5.69 Å². The first-order valence-electron chi connectivity index (χ1n) is 8.18. The van der Waals surface area contributed by atoms with Gasteiger partial charge in [-0.3, -0.25) is 4.79 Å². The zero-order chi connectivity index (χ0) is 16.2. The predicted octanol–water partition coefficient (Wildman–Crippen LogP) is 3.22. The Labute approximate surface area is 141 Å². The third kappa shape index (κ3) is 3.62. The fourth-order valence-electron chi connectivity index (χ4n) is 3.01. The molecular weight excluding hydrogens is 306 g/mol. The Morgan fingerprint density at radius 2 is 2.09 bits per heavy atom. The molecule has 0 bridgehead atoms. The number of carbonyl (C=O) groups is 1. The molecule has 0 N–H and O–H groups in total. The van der Waals surface area contributed by atoms with Crippen LogP contribution in [0.1, 0.15) is 40.4 Å². The van der Waals surface area contributed by atoms with Gasteiger partial charge in [-0.05, 0) is 25.5 Å². The second-order valence-electron chi connectivity index (χ2n) is 6.06. The Bertz CT molecular complexity index is 655. The topological polar surface area (TPSA) is 36.4 Å². The largest absolute Gasteiger partial charge is 0.328 e. The van der Waals surface area contributed by atoms with Gasteiger partial charge in [0.05, 0.1) is 11.0 Å². The highest BCUT2D eigenvalue weighted by Crippen LogP contribution is 2.27. The van der Waals surface area contributed by atoms with E-state index in [4.69, 9.17) is 0 Å². The number of aromatic nitrogens is 1. The molecule has 0 aliphatic carbocycles. The highest BCUT2D eigenvalue weighted by molar-refractivity contribution is 7.09. The lowest BCUT2D eigenvalue weighted by Gasteiger charge is -2.40. The summed E-state index contributed by atoms with van der Waals surface area (Å²) in [5, 5.41) is 2.97. The first-order valence-corrected chi connectivity index (χ1v) is 9.06. The smallest absolute Gasteiger partial charge is 0.273 e. The van der Waals surface area contributed by atoms with Gasteiger partial charge >= 0.3 is 0 Å². The summed E-state index contributed by atoms with van der Waals surface area (Å²) < 4.78 is 0. The molecule has 1 atom stereocenters. The fourth-order valence-corrected chi connectivity index (χ4v) is 3.88. The lowest BCUT2D eigenvalue weighted by molar-refractivity contribution is 0.0493. The van der Waals surface area contributed by atoms with Crippen molar-refractivity contribution in [3.8, 4) is 0 Å².